The van der Waals surface area contributed by atoms with Crippen molar-refractivity contribution in [3.63, 3.8) is 0 Å². The van der Waals surface area contributed by atoms with Gasteiger partial charge in [-0.05, 0) is 12.1 Å². The minimum Gasteiger partial charge on any atom is -0.204 e. The first-order valence-corrected chi connectivity index (χ1v) is 6.65. The van der Waals surface area contributed by atoms with Crippen molar-refractivity contribution in [2.75, 3.05) is 0 Å². The van der Waals surface area contributed by atoms with E-state index in [1.807, 2.05) is 0 Å². The zero-order chi connectivity index (χ0) is 13.4. The SMILES string of the molecule is Fc1ccc(C(Cl)c2cc(Cl)sc2Cl)c(F)c1F. The Morgan fingerprint density at radius 1 is 1.00 bits per heavy atom. The fraction of sp³-hybridized carbons (Fsp3) is 0.0909. The third kappa shape index (κ3) is 2.48. The van der Waals surface area contributed by atoms with Gasteiger partial charge in [0.15, 0.2) is 17.5 Å². The normalized spacial score (nSPS) is 12.8. The van der Waals surface area contributed by atoms with Crippen LogP contribution >= 0.6 is 46.1 Å². The van der Waals surface area contributed by atoms with Gasteiger partial charge in [-0.15, -0.1) is 22.9 Å². The minimum absolute atomic E-state index is 0.188. The quantitative estimate of drug-likeness (QED) is 0.482. The molecule has 18 heavy (non-hydrogen) atoms. The van der Waals surface area contributed by atoms with Crippen molar-refractivity contribution in [1.29, 1.82) is 0 Å². The van der Waals surface area contributed by atoms with E-state index in [1.165, 1.54) is 6.07 Å². The number of benzene rings is 1. The fourth-order valence-corrected chi connectivity index (χ4v) is 3.42. The topological polar surface area (TPSA) is 0 Å². The maximum Gasteiger partial charge on any atom is 0.194 e. The van der Waals surface area contributed by atoms with Crippen LogP contribution in [0.25, 0.3) is 0 Å². The lowest BCUT2D eigenvalue weighted by Crippen LogP contribution is -2.01. The van der Waals surface area contributed by atoms with Gasteiger partial charge >= 0.3 is 0 Å². The average Bonchev–Trinajstić information content (AvgIpc) is 2.65. The first-order valence-electron chi connectivity index (χ1n) is 4.64. The molecule has 0 amide bonds. The summed E-state index contributed by atoms with van der Waals surface area (Å²) in [5, 5.41) is -1.03. The van der Waals surface area contributed by atoms with E-state index in [2.05, 4.69) is 0 Å². The number of alkyl halides is 1. The van der Waals surface area contributed by atoms with Gasteiger partial charge in [0.1, 0.15) is 0 Å². The van der Waals surface area contributed by atoms with Gasteiger partial charge in [-0.2, -0.15) is 0 Å². The summed E-state index contributed by atoms with van der Waals surface area (Å²) in [6, 6.07) is 3.35. The van der Waals surface area contributed by atoms with Crippen LogP contribution in [0.3, 0.4) is 0 Å². The Bertz CT molecular complexity index is 597. The second-order valence-corrected chi connectivity index (χ2v) is 6.13. The number of halogens is 6. The smallest absolute Gasteiger partial charge is 0.194 e. The van der Waals surface area contributed by atoms with Crippen molar-refractivity contribution in [2.45, 2.75) is 5.38 Å². The Kier molecular flexibility index (Phi) is 4.11. The summed E-state index contributed by atoms with van der Waals surface area (Å²) in [7, 11) is 0. The Morgan fingerprint density at radius 2 is 1.67 bits per heavy atom. The molecule has 0 spiro atoms. The molecule has 2 rings (SSSR count). The molecule has 0 aliphatic carbocycles. The van der Waals surface area contributed by atoms with Gasteiger partial charge in [-0.3, -0.25) is 0 Å². The predicted molar refractivity (Wildman–Crippen MR) is 68.4 cm³/mol. The Morgan fingerprint density at radius 3 is 2.22 bits per heavy atom. The molecule has 0 aliphatic rings. The molecule has 1 heterocycles. The summed E-state index contributed by atoms with van der Waals surface area (Å²) >= 11 is 18.7. The van der Waals surface area contributed by atoms with Crippen molar-refractivity contribution in [3.8, 4) is 0 Å². The molecule has 96 valence electrons. The van der Waals surface area contributed by atoms with Crippen LogP contribution in [0.4, 0.5) is 13.2 Å². The highest BCUT2D eigenvalue weighted by molar-refractivity contribution is 7.20. The highest BCUT2D eigenvalue weighted by Crippen LogP contribution is 2.41. The molecule has 7 heteroatoms. The van der Waals surface area contributed by atoms with Gasteiger partial charge in [0.2, 0.25) is 0 Å². The number of thiophene rings is 1. The molecule has 2 aromatic rings. The first-order chi connectivity index (χ1) is 8.41. The molecule has 1 atom stereocenters. The van der Waals surface area contributed by atoms with Gasteiger partial charge in [-0.1, -0.05) is 29.3 Å². The number of hydrogen-bond acceptors (Lipinski definition) is 1. The first kappa shape index (κ1) is 14.0. The fourth-order valence-electron chi connectivity index (χ4n) is 1.43. The molecule has 1 aromatic heterocycles. The molecular formula is C11H4Cl3F3S. The number of rotatable bonds is 2. The highest BCUT2D eigenvalue weighted by Gasteiger charge is 2.23. The summed E-state index contributed by atoms with van der Waals surface area (Å²) < 4.78 is 40.1. The van der Waals surface area contributed by atoms with Crippen molar-refractivity contribution in [3.05, 3.63) is 55.5 Å². The van der Waals surface area contributed by atoms with E-state index in [1.54, 1.807) is 0 Å². The standard InChI is InChI=1S/C11H4Cl3F3S/c12-7-3-5(11(14)18-7)8(13)4-1-2-6(15)10(17)9(4)16/h1-3,8H. The molecular weight excluding hydrogens is 328 g/mol. The summed E-state index contributed by atoms with van der Waals surface area (Å²) in [5.74, 6) is -4.15. The number of hydrogen-bond donors (Lipinski definition) is 0. The van der Waals surface area contributed by atoms with E-state index >= 15 is 0 Å². The van der Waals surface area contributed by atoms with Crippen LogP contribution < -0.4 is 0 Å². The van der Waals surface area contributed by atoms with Crippen LogP contribution in [0.2, 0.25) is 8.67 Å². The van der Waals surface area contributed by atoms with Crippen LogP contribution in [0, 0.1) is 17.5 Å². The average molecular weight is 332 g/mol. The minimum atomic E-state index is -1.56. The second kappa shape index (κ2) is 5.29. The molecule has 0 saturated heterocycles. The summed E-state index contributed by atoms with van der Waals surface area (Å²) in [6.45, 7) is 0. The van der Waals surface area contributed by atoms with Gasteiger partial charge in [0.25, 0.3) is 0 Å². The molecule has 0 nitrogen and oxygen atoms in total. The molecule has 0 bridgehead atoms. The summed E-state index contributed by atoms with van der Waals surface area (Å²) in [5.41, 5.74) is 0.171. The third-order valence-electron chi connectivity index (χ3n) is 2.29. The van der Waals surface area contributed by atoms with Gasteiger partial charge in [-0.25, -0.2) is 13.2 Å². The van der Waals surface area contributed by atoms with Gasteiger partial charge in [0.05, 0.1) is 14.0 Å². The van der Waals surface area contributed by atoms with E-state index in [0.717, 1.165) is 23.5 Å². The Labute approximate surface area is 120 Å². The van der Waals surface area contributed by atoms with Crippen LogP contribution in [0.15, 0.2) is 18.2 Å². The van der Waals surface area contributed by atoms with Gasteiger partial charge < -0.3 is 0 Å². The van der Waals surface area contributed by atoms with Crippen LogP contribution in [0.1, 0.15) is 16.5 Å². The lowest BCUT2D eigenvalue weighted by atomic mass is 10.1. The van der Waals surface area contributed by atoms with Crippen LogP contribution in [-0.4, -0.2) is 0 Å². The maximum atomic E-state index is 13.6. The zero-order valence-corrected chi connectivity index (χ0v) is 11.6. The van der Waals surface area contributed by atoms with Crippen molar-refractivity contribution in [2.24, 2.45) is 0 Å². The molecule has 0 aliphatic heterocycles. The van der Waals surface area contributed by atoms with Crippen molar-refractivity contribution in [1.82, 2.24) is 0 Å². The van der Waals surface area contributed by atoms with E-state index in [0.29, 0.717) is 9.90 Å². The van der Waals surface area contributed by atoms with Crippen LogP contribution in [0.5, 0.6) is 0 Å². The van der Waals surface area contributed by atoms with E-state index in [-0.39, 0.29) is 9.90 Å². The monoisotopic (exact) mass is 330 g/mol. The van der Waals surface area contributed by atoms with Crippen LogP contribution in [-0.2, 0) is 0 Å². The molecule has 1 unspecified atom stereocenters. The zero-order valence-electron chi connectivity index (χ0n) is 8.49. The largest absolute Gasteiger partial charge is 0.204 e. The second-order valence-electron chi connectivity index (χ2n) is 3.41. The molecule has 1 aromatic carbocycles. The van der Waals surface area contributed by atoms with E-state index in [9.17, 15) is 13.2 Å². The molecule has 0 fully saturated rings. The lowest BCUT2D eigenvalue weighted by molar-refractivity contribution is 0.441. The Balaban J connectivity index is 2.49. The lowest BCUT2D eigenvalue weighted by Gasteiger charge is -2.10. The molecule has 0 radical (unpaired) electrons. The van der Waals surface area contributed by atoms with E-state index in [4.69, 9.17) is 34.8 Å². The molecule has 0 N–H and O–H groups in total. The highest BCUT2D eigenvalue weighted by atomic mass is 35.5. The maximum absolute atomic E-state index is 13.6. The van der Waals surface area contributed by atoms with Gasteiger partial charge in [0, 0.05) is 11.1 Å². The molecule has 0 saturated carbocycles. The third-order valence-corrected chi connectivity index (χ3v) is 4.28. The predicted octanol–water partition coefficient (Wildman–Crippen LogP) is 5.80. The van der Waals surface area contributed by atoms with Crippen molar-refractivity contribution < 1.29 is 13.2 Å². The van der Waals surface area contributed by atoms with E-state index < -0.39 is 22.8 Å². The Hall–Kier alpha value is -0.420. The summed E-state index contributed by atoms with van der Waals surface area (Å²) in [6.07, 6.45) is 0. The van der Waals surface area contributed by atoms with Crippen molar-refractivity contribution >= 4 is 46.1 Å². The summed E-state index contributed by atoms with van der Waals surface area (Å²) in [4.78, 5) is 0.